The molecule has 0 aliphatic heterocycles. The third-order valence-electron chi connectivity index (χ3n) is 2.58. The summed E-state index contributed by atoms with van der Waals surface area (Å²) >= 11 is 1.75. The Morgan fingerprint density at radius 1 is 1.56 bits per heavy atom. The zero-order valence-corrected chi connectivity index (χ0v) is 11.0. The molecule has 96 valence electrons. The van der Waals surface area contributed by atoms with Crippen molar-refractivity contribution in [2.75, 3.05) is 30.5 Å². The molecule has 0 atom stereocenters. The summed E-state index contributed by atoms with van der Waals surface area (Å²) in [6.45, 7) is 0.833. The van der Waals surface area contributed by atoms with Crippen molar-refractivity contribution in [3.8, 4) is 0 Å². The number of nitrogens with zero attached hydrogens (tertiary/aromatic N) is 2. The van der Waals surface area contributed by atoms with Crippen LogP contribution >= 0.6 is 11.8 Å². The maximum Gasteiger partial charge on any atom is 0.335 e. The van der Waals surface area contributed by atoms with E-state index in [9.17, 15) is 4.79 Å². The van der Waals surface area contributed by atoms with Gasteiger partial charge in [0.05, 0.1) is 5.56 Å². The fraction of sp³-hybridized carbons (Fsp3) is 0.333. The Balaban J connectivity index is 2.29. The number of anilines is 1. The summed E-state index contributed by atoms with van der Waals surface area (Å²) in [5, 5.41) is 8.90. The van der Waals surface area contributed by atoms with Crippen LogP contribution in [-0.4, -0.2) is 41.7 Å². The molecule has 0 bridgehead atoms. The van der Waals surface area contributed by atoms with Crippen LogP contribution in [0.15, 0.2) is 22.6 Å². The van der Waals surface area contributed by atoms with Gasteiger partial charge in [-0.15, -0.1) is 0 Å². The molecule has 0 fully saturated rings. The Morgan fingerprint density at radius 2 is 2.33 bits per heavy atom. The number of hydrogen-bond acceptors (Lipinski definition) is 5. The number of thioether (sulfide) groups is 1. The van der Waals surface area contributed by atoms with E-state index in [0.717, 1.165) is 12.3 Å². The first-order chi connectivity index (χ1) is 8.61. The molecule has 1 heterocycles. The van der Waals surface area contributed by atoms with E-state index >= 15 is 0 Å². The minimum absolute atomic E-state index is 0.206. The molecule has 1 aromatic heterocycles. The van der Waals surface area contributed by atoms with Crippen LogP contribution in [0, 0.1) is 0 Å². The first-order valence-electron chi connectivity index (χ1n) is 5.46. The highest BCUT2D eigenvalue weighted by atomic mass is 32.2. The van der Waals surface area contributed by atoms with Gasteiger partial charge in [-0.25, -0.2) is 4.79 Å². The van der Waals surface area contributed by atoms with E-state index in [2.05, 4.69) is 4.98 Å². The maximum absolute atomic E-state index is 10.9. The van der Waals surface area contributed by atoms with E-state index < -0.39 is 5.97 Å². The Kier molecular flexibility index (Phi) is 3.76. The number of carbonyl (C=O) groups is 1. The first kappa shape index (κ1) is 12.8. The van der Waals surface area contributed by atoms with Crippen molar-refractivity contribution in [3.63, 3.8) is 0 Å². The number of carboxylic acids is 1. The zero-order valence-electron chi connectivity index (χ0n) is 10.2. The Morgan fingerprint density at radius 3 is 3.00 bits per heavy atom. The van der Waals surface area contributed by atoms with Gasteiger partial charge in [0.25, 0.3) is 6.01 Å². The molecule has 18 heavy (non-hydrogen) atoms. The fourth-order valence-electron chi connectivity index (χ4n) is 1.53. The summed E-state index contributed by atoms with van der Waals surface area (Å²) in [5.74, 6) is 0.0147. The van der Waals surface area contributed by atoms with Gasteiger partial charge in [-0.1, -0.05) is 0 Å². The lowest BCUT2D eigenvalue weighted by molar-refractivity contribution is 0.0697. The standard InChI is InChI=1S/C12H14N2O3S/c1-14(5-6-18-2)12-13-9-4-3-8(11(15)16)7-10(9)17-12/h3-4,7H,5-6H2,1-2H3,(H,15,16). The van der Waals surface area contributed by atoms with Crippen molar-refractivity contribution in [1.82, 2.24) is 4.98 Å². The number of aromatic carboxylic acids is 1. The average molecular weight is 266 g/mol. The number of fused-ring (bicyclic) bond motifs is 1. The Hall–Kier alpha value is -1.69. The number of oxazole rings is 1. The number of carboxylic acid groups (broad SMARTS) is 1. The summed E-state index contributed by atoms with van der Waals surface area (Å²) in [6.07, 6.45) is 2.04. The van der Waals surface area contributed by atoms with Crippen molar-refractivity contribution in [2.24, 2.45) is 0 Å². The third-order valence-corrected chi connectivity index (χ3v) is 3.17. The summed E-state index contributed by atoms with van der Waals surface area (Å²) < 4.78 is 5.56. The molecule has 0 saturated carbocycles. The average Bonchev–Trinajstić information content (AvgIpc) is 2.78. The molecule has 5 nitrogen and oxygen atoms in total. The highest BCUT2D eigenvalue weighted by Gasteiger charge is 2.12. The molecule has 0 radical (unpaired) electrons. The molecule has 1 N–H and O–H groups in total. The van der Waals surface area contributed by atoms with Crippen molar-refractivity contribution < 1.29 is 14.3 Å². The second-order valence-corrected chi connectivity index (χ2v) is 4.88. The number of aromatic nitrogens is 1. The van der Waals surface area contributed by atoms with Crippen LogP contribution in [-0.2, 0) is 0 Å². The van der Waals surface area contributed by atoms with Gasteiger partial charge in [-0.3, -0.25) is 0 Å². The molecule has 0 amide bonds. The number of hydrogen-bond donors (Lipinski definition) is 1. The van der Waals surface area contributed by atoms with Crippen molar-refractivity contribution in [3.05, 3.63) is 23.8 Å². The fourth-order valence-corrected chi connectivity index (χ4v) is 1.99. The van der Waals surface area contributed by atoms with E-state index in [0.29, 0.717) is 17.1 Å². The minimum atomic E-state index is -0.967. The minimum Gasteiger partial charge on any atom is -0.478 e. The molecular weight excluding hydrogens is 252 g/mol. The molecule has 2 rings (SSSR count). The molecule has 0 spiro atoms. The van der Waals surface area contributed by atoms with E-state index in [1.165, 1.54) is 12.1 Å². The van der Waals surface area contributed by atoms with E-state index in [-0.39, 0.29) is 5.56 Å². The van der Waals surface area contributed by atoms with Gasteiger partial charge in [0, 0.05) is 19.3 Å². The van der Waals surface area contributed by atoms with Crippen LogP contribution in [0.2, 0.25) is 0 Å². The smallest absolute Gasteiger partial charge is 0.335 e. The van der Waals surface area contributed by atoms with Crippen LogP contribution in [0.1, 0.15) is 10.4 Å². The van der Waals surface area contributed by atoms with Crippen LogP contribution in [0.5, 0.6) is 0 Å². The van der Waals surface area contributed by atoms with Gasteiger partial charge < -0.3 is 14.4 Å². The first-order valence-corrected chi connectivity index (χ1v) is 6.85. The van der Waals surface area contributed by atoms with E-state index in [1.807, 2.05) is 18.2 Å². The van der Waals surface area contributed by atoms with Gasteiger partial charge in [0.1, 0.15) is 5.52 Å². The second-order valence-electron chi connectivity index (χ2n) is 3.90. The van der Waals surface area contributed by atoms with Crippen LogP contribution in [0.25, 0.3) is 11.1 Å². The summed E-state index contributed by atoms with van der Waals surface area (Å²) in [4.78, 5) is 17.1. The van der Waals surface area contributed by atoms with Crippen LogP contribution < -0.4 is 4.90 Å². The molecule has 0 saturated heterocycles. The molecule has 6 heteroatoms. The Bertz CT molecular complexity index is 567. The molecule has 0 aliphatic rings. The molecular formula is C12H14N2O3S. The maximum atomic E-state index is 10.9. The lowest BCUT2D eigenvalue weighted by Crippen LogP contribution is -2.20. The Labute approximate surface area is 109 Å². The monoisotopic (exact) mass is 266 g/mol. The van der Waals surface area contributed by atoms with E-state index in [1.54, 1.807) is 17.8 Å². The zero-order chi connectivity index (χ0) is 13.1. The normalized spacial score (nSPS) is 10.8. The van der Waals surface area contributed by atoms with Crippen LogP contribution in [0.4, 0.5) is 6.01 Å². The summed E-state index contributed by atoms with van der Waals surface area (Å²) in [7, 11) is 1.90. The SMILES string of the molecule is CSCCN(C)c1nc2ccc(C(=O)O)cc2o1. The van der Waals surface area contributed by atoms with Gasteiger partial charge in [-0.05, 0) is 24.5 Å². The highest BCUT2D eigenvalue weighted by molar-refractivity contribution is 7.98. The summed E-state index contributed by atoms with van der Waals surface area (Å²) in [6, 6.07) is 5.20. The third kappa shape index (κ3) is 2.59. The molecule has 1 aromatic carbocycles. The van der Waals surface area contributed by atoms with E-state index in [4.69, 9.17) is 9.52 Å². The second kappa shape index (κ2) is 5.30. The lowest BCUT2D eigenvalue weighted by Gasteiger charge is -2.12. The van der Waals surface area contributed by atoms with Gasteiger partial charge in [0.15, 0.2) is 5.58 Å². The molecule has 0 unspecified atom stereocenters. The largest absolute Gasteiger partial charge is 0.478 e. The number of benzene rings is 1. The highest BCUT2D eigenvalue weighted by Crippen LogP contribution is 2.22. The predicted molar refractivity (Wildman–Crippen MR) is 72.6 cm³/mol. The van der Waals surface area contributed by atoms with Crippen LogP contribution in [0.3, 0.4) is 0 Å². The quantitative estimate of drug-likeness (QED) is 0.896. The van der Waals surface area contributed by atoms with Gasteiger partial charge >= 0.3 is 5.97 Å². The molecule has 0 aliphatic carbocycles. The molecule has 2 aromatic rings. The van der Waals surface area contributed by atoms with Crippen molar-refractivity contribution in [1.29, 1.82) is 0 Å². The number of rotatable bonds is 5. The van der Waals surface area contributed by atoms with Crippen molar-refractivity contribution in [2.45, 2.75) is 0 Å². The lowest BCUT2D eigenvalue weighted by atomic mass is 10.2. The topological polar surface area (TPSA) is 66.6 Å². The van der Waals surface area contributed by atoms with Gasteiger partial charge in [-0.2, -0.15) is 16.7 Å². The van der Waals surface area contributed by atoms with Crippen molar-refractivity contribution >= 4 is 34.8 Å². The predicted octanol–water partition coefficient (Wildman–Crippen LogP) is 2.33. The van der Waals surface area contributed by atoms with Gasteiger partial charge in [0.2, 0.25) is 0 Å². The summed E-state index contributed by atoms with van der Waals surface area (Å²) in [5.41, 5.74) is 1.38.